The number of nitrogens with one attached hydrogen (secondary N) is 2. The van der Waals surface area contributed by atoms with Gasteiger partial charge in [0, 0.05) is 6.54 Å². The van der Waals surface area contributed by atoms with Crippen LogP contribution in [-0.4, -0.2) is 64.7 Å². The van der Waals surface area contributed by atoms with E-state index >= 15 is 0 Å². The fourth-order valence-corrected chi connectivity index (χ4v) is 18.5. The van der Waals surface area contributed by atoms with E-state index in [2.05, 4.69) is 76.4 Å². The van der Waals surface area contributed by atoms with Gasteiger partial charge in [-0.05, 0) is 80.1 Å². The Bertz CT molecular complexity index is 2460. The number of halogens is 6. The second kappa shape index (κ2) is 23.5. The Kier molecular flexibility index (Phi) is 18.6. The summed E-state index contributed by atoms with van der Waals surface area (Å²) < 4.78 is 97.9. The van der Waals surface area contributed by atoms with Crippen LogP contribution in [0.25, 0.3) is 0 Å². The summed E-state index contributed by atoms with van der Waals surface area (Å²) in [7, 11) is -6.00. The van der Waals surface area contributed by atoms with Crippen molar-refractivity contribution in [2.24, 2.45) is 0 Å². The van der Waals surface area contributed by atoms with Crippen molar-refractivity contribution in [2.45, 2.75) is 89.8 Å². The predicted octanol–water partition coefficient (Wildman–Crippen LogP) is 9.48. The molecule has 0 aliphatic heterocycles. The molecule has 6 rings (SSSR count). The molecule has 0 heterocycles. The van der Waals surface area contributed by atoms with Crippen molar-refractivity contribution in [2.75, 3.05) is 19.7 Å². The van der Waals surface area contributed by atoms with Gasteiger partial charge in [0.25, 0.3) is 16.6 Å². The lowest BCUT2D eigenvalue weighted by Gasteiger charge is -2.46. The fraction of sp³-hybridized carbons (Fsp3) is 0.315. The van der Waals surface area contributed by atoms with Crippen LogP contribution in [0.3, 0.4) is 0 Å². The highest BCUT2D eigenvalue weighted by Gasteiger charge is 2.53. The van der Waals surface area contributed by atoms with Crippen LogP contribution in [0.1, 0.15) is 78.6 Å². The Balaban J connectivity index is 0.000000258. The highest BCUT2D eigenvalue weighted by Crippen LogP contribution is 2.41. The lowest BCUT2D eigenvalue weighted by atomic mass is 10.0. The fourth-order valence-electron chi connectivity index (χ4n) is 9.11. The number of hydrogen-bond donors (Lipinski definition) is 4. The third-order valence-electron chi connectivity index (χ3n) is 12.2. The Hall–Kier alpha value is -5.40. The van der Waals surface area contributed by atoms with Gasteiger partial charge in [0.05, 0.1) is 37.4 Å². The molecule has 0 aliphatic rings. The number of aliphatic hydroxyl groups excluding tert-OH is 1. The summed E-state index contributed by atoms with van der Waals surface area (Å²) in [5.74, 6) is -9.45. The Morgan fingerprint density at radius 1 is 0.522 bits per heavy atom. The molecule has 4 N–H and O–H groups in total. The summed E-state index contributed by atoms with van der Waals surface area (Å²) in [6, 6.07) is 41.8. The van der Waals surface area contributed by atoms with Gasteiger partial charge in [-0.25, -0.2) is 26.3 Å². The minimum absolute atomic E-state index is 0.0630. The topological polar surface area (TPSA) is 100 Å². The predicted molar refractivity (Wildman–Crippen MR) is 265 cm³/mol. The first-order chi connectivity index (χ1) is 32.6. The maximum absolute atomic E-state index is 14.1. The number of carbonyl (C=O) groups is 1. The normalized spacial score (nSPS) is 14.0. The summed E-state index contributed by atoms with van der Waals surface area (Å²) in [4.78, 5) is 11.3. The van der Waals surface area contributed by atoms with Gasteiger partial charge in [-0.2, -0.15) is 0 Å². The summed E-state index contributed by atoms with van der Waals surface area (Å²) in [5.41, 5.74) is 0.281. The zero-order valence-electron chi connectivity index (χ0n) is 40.2. The molecule has 368 valence electrons. The first-order valence-electron chi connectivity index (χ1n) is 22.7. The molecule has 6 aromatic carbocycles. The van der Waals surface area contributed by atoms with Gasteiger partial charge < -0.3 is 24.4 Å². The van der Waals surface area contributed by atoms with Crippen LogP contribution in [0.15, 0.2) is 146 Å². The van der Waals surface area contributed by atoms with Crippen LogP contribution in [-0.2, 0) is 13.6 Å². The quantitative estimate of drug-likeness (QED) is 0.0387. The van der Waals surface area contributed by atoms with E-state index in [-0.39, 0.29) is 34.4 Å². The van der Waals surface area contributed by atoms with E-state index in [0.717, 1.165) is 45.0 Å². The average Bonchev–Trinajstić information content (AvgIpc) is 3.31. The van der Waals surface area contributed by atoms with E-state index in [1.54, 1.807) is 6.92 Å². The molecular formula is C54H62F6N2O5Si2. The lowest BCUT2D eigenvalue weighted by molar-refractivity contribution is -0.136. The smallest absolute Gasteiger partial charge is 0.317 e. The van der Waals surface area contributed by atoms with Gasteiger partial charge in [0.15, 0.2) is 34.9 Å². The van der Waals surface area contributed by atoms with Gasteiger partial charge >= 0.3 is 5.97 Å². The van der Waals surface area contributed by atoms with Crippen molar-refractivity contribution in [3.05, 3.63) is 192 Å². The average molecular weight is 989 g/mol. The molecule has 0 unspecified atom stereocenters. The molecule has 0 aliphatic carbocycles. The summed E-state index contributed by atoms with van der Waals surface area (Å²) >= 11 is 0. The second-order valence-electron chi connectivity index (χ2n) is 19.0. The SMILES string of the molecule is C[C@@H](O[Si](c1ccccc1)(c1ccccc1)C(C)(C)C)[C@H](NCC(=O)O)c1cc(F)c(F)c(F)c1.C[C@@H](O[Si](c1ccccc1)(c1ccccc1)C(C)(C)C)[C@H](NCCO)c1cc(F)c(F)c(F)c1. The first-order valence-corrected chi connectivity index (χ1v) is 26.6. The molecule has 69 heavy (non-hydrogen) atoms. The van der Waals surface area contributed by atoms with Crippen molar-refractivity contribution < 1.29 is 50.2 Å². The Morgan fingerprint density at radius 3 is 1.04 bits per heavy atom. The van der Waals surface area contributed by atoms with Gasteiger partial charge in [0.2, 0.25) is 0 Å². The molecule has 0 aromatic heterocycles. The van der Waals surface area contributed by atoms with Gasteiger partial charge in [0.1, 0.15) is 0 Å². The number of benzene rings is 6. The molecule has 6 aromatic rings. The van der Waals surface area contributed by atoms with E-state index in [1.807, 2.05) is 104 Å². The van der Waals surface area contributed by atoms with Gasteiger partial charge in [-0.3, -0.25) is 10.1 Å². The van der Waals surface area contributed by atoms with Gasteiger partial charge in [-0.15, -0.1) is 0 Å². The highest BCUT2D eigenvalue weighted by atomic mass is 28.4. The standard InChI is InChI=1S/C27H30F3NO3Si.C27H32F3NO2Si/c1-18(26(31-17-24(32)33)19-15-22(28)25(30)23(29)16-19)34-35(27(2,3)4,20-11-7-5-8-12-20)21-13-9-6-10-14-21;1-19(26(31-15-16-32)20-17-23(28)25(30)24(29)18-20)33-34(27(2,3)4,21-11-7-5-8-12-21)22-13-9-6-10-14-22/h5-16,18,26,31H,17H2,1-4H3,(H,32,33);5-14,17-19,26,31-32H,15-16H2,1-4H3/t18-,26+;19-,26+/m11/s1. The van der Waals surface area contributed by atoms with Crippen LogP contribution in [0.4, 0.5) is 26.3 Å². The number of hydrogen-bond acceptors (Lipinski definition) is 6. The summed E-state index contributed by atoms with van der Waals surface area (Å²) in [6.45, 7) is 15.8. The molecule has 4 atom stereocenters. The van der Waals surface area contributed by atoms with Crippen LogP contribution < -0.4 is 31.4 Å². The molecule has 15 heteroatoms. The number of carboxylic acid groups (broad SMARTS) is 1. The van der Waals surface area contributed by atoms with E-state index in [1.165, 1.54) is 0 Å². The monoisotopic (exact) mass is 988 g/mol. The van der Waals surface area contributed by atoms with Gasteiger partial charge in [-0.1, -0.05) is 163 Å². The van der Waals surface area contributed by atoms with E-state index in [4.69, 9.17) is 8.85 Å². The third kappa shape index (κ3) is 12.5. The third-order valence-corrected chi connectivity index (χ3v) is 22.4. The molecule has 0 bridgehead atoms. The largest absolute Gasteiger partial charge is 0.480 e. The van der Waals surface area contributed by atoms with E-state index in [9.17, 15) is 41.4 Å². The molecule has 0 saturated carbocycles. The van der Waals surface area contributed by atoms with Crippen LogP contribution >= 0.6 is 0 Å². The lowest BCUT2D eigenvalue weighted by Crippen LogP contribution is -2.68. The minimum atomic E-state index is -3.05. The molecule has 0 fully saturated rings. The highest BCUT2D eigenvalue weighted by molar-refractivity contribution is 7.00. The van der Waals surface area contributed by atoms with Crippen LogP contribution in [0.2, 0.25) is 10.1 Å². The molecule has 0 saturated heterocycles. The number of aliphatic carboxylic acids is 1. The van der Waals surface area contributed by atoms with Crippen molar-refractivity contribution in [3.63, 3.8) is 0 Å². The molecule has 7 nitrogen and oxygen atoms in total. The second-order valence-corrected chi connectivity index (χ2v) is 27.5. The van der Waals surface area contributed by atoms with Crippen LogP contribution in [0.5, 0.6) is 0 Å². The Labute approximate surface area is 403 Å². The number of rotatable bonds is 18. The number of aliphatic hydroxyl groups is 1. The maximum Gasteiger partial charge on any atom is 0.317 e. The van der Waals surface area contributed by atoms with Crippen molar-refractivity contribution >= 4 is 43.4 Å². The molecule has 0 spiro atoms. The van der Waals surface area contributed by atoms with E-state index in [0.29, 0.717) is 0 Å². The first kappa shape index (κ1) is 54.5. The maximum atomic E-state index is 14.1. The molecule has 0 amide bonds. The number of carboxylic acids is 1. The zero-order chi connectivity index (χ0) is 50.7. The van der Waals surface area contributed by atoms with Crippen molar-refractivity contribution in [1.82, 2.24) is 10.6 Å². The molecular weight excluding hydrogens is 927 g/mol. The minimum Gasteiger partial charge on any atom is -0.480 e. The van der Waals surface area contributed by atoms with Crippen molar-refractivity contribution in [1.29, 1.82) is 0 Å². The van der Waals surface area contributed by atoms with E-state index < -0.39 is 88.3 Å². The summed E-state index contributed by atoms with van der Waals surface area (Å²) in [5, 5.41) is 28.1. The van der Waals surface area contributed by atoms with Crippen molar-refractivity contribution in [3.8, 4) is 0 Å². The Morgan fingerprint density at radius 2 is 0.797 bits per heavy atom. The van der Waals surface area contributed by atoms with Crippen LogP contribution in [0, 0.1) is 34.9 Å². The summed E-state index contributed by atoms with van der Waals surface area (Å²) in [6.07, 6.45) is -1.30. The zero-order valence-corrected chi connectivity index (χ0v) is 42.2. The molecule has 0 radical (unpaired) electrons.